The van der Waals surface area contributed by atoms with Crippen molar-refractivity contribution < 1.29 is 4.74 Å². The third kappa shape index (κ3) is 1.55. The summed E-state index contributed by atoms with van der Waals surface area (Å²) >= 11 is 9.25. The van der Waals surface area contributed by atoms with Crippen LogP contribution in [0.3, 0.4) is 0 Å². The van der Waals surface area contributed by atoms with E-state index in [1.54, 1.807) is 19.4 Å². The van der Waals surface area contributed by atoms with Crippen LogP contribution in [0.15, 0.2) is 22.8 Å². The van der Waals surface area contributed by atoms with Crippen molar-refractivity contribution in [2.75, 3.05) is 7.11 Å². The van der Waals surface area contributed by atoms with Crippen molar-refractivity contribution in [3.8, 4) is 5.88 Å². The largest absolute Gasteiger partial charge is 0.479 e. The number of methoxy groups -OCH3 is 1. The first-order valence-corrected chi connectivity index (χ1v) is 5.04. The highest BCUT2D eigenvalue weighted by molar-refractivity contribution is 9.10. The maximum absolute atomic E-state index is 5.83. The Bertz CT molecular complexity index is 489. The number of halogens is 2. The Morgan fingerprint density at radius 3 is 3.00 bits per heavy atom. The zero-order chi connectivity index (χ0) is 10.1. The second kappa shape index (κ2) is 3.71. The summed E-state index contributed by atoms with van der Waals surface area (Å²) in [6.45, 7) is 0. The molecule has 2 aromatic rings. The van der Waals surface area contributed by atoms with Crippen molar-refractivity contribution in [1.29, 1.82) is 0 Å². The quantitative estimate of drug-likeness (QED) is 0.749. The van der Waals surface area contributed by atoms with E-state index < -0.39 is 0 Å². The number of ether oxygens (including phenoxy) is 1. The summed E-state index contributed by atoms with van der Waals surface area (Å²) in [5.41, 5.74) is 0.700. The van der Waals surface area contributed by atoms with Crippen molar-refractivity contribution in [3.63, 3.8) is 0 Å². The maximum atomic E-state index is 5.83. The molecule has 5 heteroatoms. The van der Waals surface area contributed by atoms with Gasteiger partial charge in [-0.2, -0.15) is 4.98 Å². The Hall–Kier alpha value is -0.870. The summed E-state index contributed by atoms with van der Waals surface area (Å²) in [7, 11) is 1.54. The van der Waals surface area contributed by atoms with Crippen molar-refractivity contribution >= 4 is 38.4 Å². The molecule has 0 aliphatic heterocycles. The molecule has 0 saturated carbocycles. The van der Waals surface area contributed by atoms with Crippen LogP contribution < -0.4 is 4.74 Å². The number of hydrogen-bond acceptors (Lipinski definition) is 3. The van der Waals surface area contributed by atoms with Crippen molar-refractivity contribution in [3.05, 3.63) is 28.0 Å². The van der Waals surface area contributed by atoms with Gasteiger partial charge in [0.25, 0.3) is 0 Å². The van der Waals surface area contributed by atoms with Crippen LogP contribution in [0.5, 0.6) is 5.88 Å². The third-order valence-electron chi connectivity index (χ3n) is 1.80. The molecule has 14 heavy (non-hydrogen) atoms. The molecule has 0 aliphatic carbocycles. The van der Waals surface area contributed by atoms with E-state index in [4.69, 9.17) is 16.3 Å². The first-order valence-electron chi connectivity index (χ1n) is 3.87. The maximum Gasteiger partial charge on any atom is 0.241 e. The predicted molar refractivity (Wildman–Crippen MR) is 58.8 cm³/mol. The van der Waals surface area contributed by atoms with Gasteiger partial charge in [-0.3, -0.25) is 4.98 Å². The van der Waals surface area contributed by atoms with Crippen molar-refractivity contribution in [1.82, 2.24) is 9.97 Å². The average molecular weight is 274 g/mol. The van der Waals surface area contributed by atoms with Crippen LogP contribution in [0.1, 0.15) is 0 Å². The average Bonchev–Trinajstić information content (AvgIpc) is 2.18. The Labute approximate surface area is 94.2 Å². The van der Waals surface area contributed by atoms with E-state index >= 15 is 0 Å². The van der Waals surface area contributed by atoms with Gasteiger partial charge in [-0.05, 0) is 12.1 Å². The molecule has 0 fully saturated rings. The van der Waals surface area contributed by atoms with E-state index in [0.717, 1.165) is 9.86 Å². The molecule has 72 valence electrons. The first kappa shape index (κ1) is 9.68. The topological polar surface area (TPSA) is 35.0 Å². The predicted octanol–water partition coefficient (Wildman–Crippen LogP) is 3.05. The van der Waals surface area contributed by atoms with E-state index in [-0.39, 0.29) is 0 Å². The minimum Gasteiger partial charge on any atom is -0.479 e. The van der Waals surface area contributed by atoms with Gasteiger partial charge >= 0.3 is 0 Å². The van der Waals surface area contributed by atoms with Crippen LogP contribution in [0.2, 0.25) is 5.15 Å². The summed E-state index contributed by atoms with van der Waals surface area (Å²) in [4.78, 5) is 8.20. The lowest BCUT2D eigenvalue weighted by atomic mass is 10.2. The molecule has 2 rings (SSSR count). The zero-order valence-electron chi connectivity index (χ0n) is 7.29. The molecule has 2 heterocycles. The second-order valence-electron chi connectivity index (χ2n) is 2.64. The highest BCUT2D eigenvalue weighted by Gasteiger charge is 2.08. The van der Waals surface area contributed by atoms with E-state index in [0.29, 0.717) is 16.5 Å². The Kier molecular flexibility index (Phi) is 2.56. The van der Waals surface area contributed by atoms with Gasteiger partial charge in [0.2, 0.25) is 5.88 Å². The fourth-order valence-corrected chi connectivity index (χ4v) is 1.81. The summed E-state index contributed by atoms with van der Waals surface area (Å²) in [6.07, 6.45) is 1.69. The normalized spacial score (nSPS) is 10.5. The molecule has 0 saturated heterocycles. The van der Waals surface area contributed by atoms with Crippen LogP contribution in [0.4, 0.5) is 0 Å². The highest BCUT2D eigenvalue weighted by atomic mass is 79.9. The summed E-state index contributed by atoms with van der Waals surface area (Å²) in [6, 6.07) is 3.59. The van der Waals surface area contributed by atoms with Gasteiger partial charge in [0.15, 0.2) is 0 Å². The molecule has 0 N–H and O–H groups in total. The zero-order valence-corrected chi connectivity index (χ0v) is 9.63. The number of rotatable bonds is 1. The smallest absolute Gasteiger partial charge is 0.241 e. The van der Waals surface area contributed by atoms with Gasteiger partial charge in [-0.1, -0.05) is 27.5 Å². The molecular weight excluding hydrogens is 267 g/mol. The standard InChI is InChI=1S/C9H6BrClN2O/c1-14-9-8-5(4-7(11)13-9)6(10)2-3-12-8/h2-4H,1H3. The lowest BCUT2D eigenvalue weighted by Crippen LogP contribution is -1.92. The Morgan fingerprint density at radius 1 is 1.50 bits per heavy atom. The van der Waals surface area contributed by atoms with Gasteiger partial charge in [0.1, 0.15) is 10.7 Å². The molecule has 0 amide bonds. The Morgan fingerprint density at radius 2 is 2.29 bits per heavy atom. The lowest BCUT2D eigenvalue weighted by Gasteiger charge is -2.04. The monoisotopic (exact) mass is 272 g/mol. The molecule has 0 aromatic carbocycles. The number of pyridine rings is 2. The molecule has 3 nitrogen and oxygen atoms in total. The van der Waals surface area contributed by atoms with Gasteiger partial charge in [0.05, 0.1) is 7.11 Å². The van der Waals surface area contributed by atoms with E-state index in [1.165, 1.54) is 0 Å². The third-order valence-corrected chi connectivity index (χ3v) is 2.69. The molecule has 0 spiro atoms. The number of hydrogen-bond donors (Lipinski definition) is 0. The number of nitrogens with zero attached hydrogens (tertiary/aromatic N) is 2. The SMILES string of the molecule is COc1nc(Cl)cc2c(Br)ccnc12. The van der Waals surface area contributed by atoms with E-state index in [1.807, 2.05) is 6.07 Å². The summed E-state index contributed by atoms with van der Waals surface area (Å²) < 4.78 is 6.01. The van der Waals surface area contributed by atoms with Crippen LogP contribution in [-0.4, -0.2) is 17.1 Å². The van der Waals surface area contributed by atoms with Gasteiger partial charge in [-0.25, -0.2) is 0 Å². The van der Waals surface area contributed by atoms with Gasteiger partial charge in [0, 0.05) is 16.1 Å². The second-order valence-corrected chi connectivity index (χ2v) is 3.88. The van der Waals surface area contributed by atoms with Crippen LogP contribution >= 0.6 is 27.5 Å². The van der Waals surface area contributed by atoms with Crippen LogP contribution in [0, 0.1) is 0 Å². The fraction of sp³-hybridized carbons (Fsp3) is 0.111. The van der Waals surface area contributed by atoms with E-state index in [9.17, 15) is 0 Å². The van der Waals surface area contributed by atoms with Crippen molar-refractivity contribution in [2.45, 2.75) is 0 Å². The van der Waals surface area contributed by atoms with Crippen molar-refractivity contribution in [2.24, 2.45) is 0 Å². The molecule has 0 bridgehead atoms. The minimum absolute atomic E-state index is 0.392. The first-order chi connectivity index (χ1) is 6.72. The molecular formula is C9H6BrClN2O. The fourth-order valence-electron chi connectivity index (χ4n) is 1.20. The lowest BCUT2D eigenvalue weighted by molar-refractivity contribution is 0.402. The van der Waals surface area contributed by atoms with E-state index in [2.05, 4.69) is 25.9 Å². The Balaban J connectivity index is 2.87. The summed E-state index contributed by atoms with van der Waals surface area (Å²) in [5, 5.41) is 1.28. The van der Waals surface area contributed by atoms with Crippen LogP contribution in [0.25, 0.3) is 10.9 Å². The minimum atomic E-state index is 0.392. The molecule has 0 atom stereocenters. The molecule has 2 aromatic heterocycles. The highest BCUT2D eigenvalue weighted by Crippen LogP contribution is 2.29. The number of aromatic nitrogens is 2. The molecule has 0 radical (unpaired) electrons. The number of fused-ring (bicyclic) bond motifs is 1. The van der Waals surface area contributed by atoms with Gasteiger partial charge in [-0.15, -0.1) is 0 Å². The molecule has 0 unspecified atom stereocenters. The summed E-state index contributed by atoms with van der Waals surface area (Å²) in [5.74, 6) is 0.439. The van der Waals surface area contributed by atoms with Crippen LogP contribution in [-0.2, 0) is 0 Å². The van der Waals surface area contributed by atoms with Gasteiger partial charge < -0.3 is 4.74 Å². The molecule has 0 aliphatic rings.